The summed E-state index contributed by atoms with van der Waals surface area (Å²) in [5, 5.41) is 9.41. The molecule has 0 fully saturated rings. The van der Waals surface area contributed by atoms with E-state index in [1.165, 1.54) is 25.6 Å². The number of rotatable bonds is 5. The van der Waals surface area contributed by atoms with Crippen LogP contribution in [0.2, 0.25) is 0 Å². The molecule has 3 nitrogen and oxygen atoms in total. The maximum absolute atomic E-state index is 6.54. The van der Waals surface area contributed by atoms with Crippen LogP contribution in [0.3, 0.4) is 0 Å². The molecule has 12 rings (SSSR count). The Hall–Kier alpha value is -7.14. The molecule has 0 bridgehead atoms. The first kappa shape index (κ1) is 31.2. The predicted octanol–water partition coefficient (Wildman–Crippen LogP) is 15.8. The smallest absolute Gasteiger partial charge is 0.143 e. The van der Waals surface area contributed by atoms with E-state index in [4.69, 9.17) is 8.83 Å². The number of benzene rings is 9. The molecule has 0 aliphatic carbocycles. The Morgan fingerprint density at radius 3 is 1.82 bits per heavy atom. The van der Waals surface area contributed by atoms with Crippen molar-refractivity contribution in [2.45, 2.75) is 0 Å². The van der Waals surface area contributed by atoms with Crippen molar-refractivity contribution in [3.63, 3.8) is 0 Å². The van der Waals surface area contributed by atoms with E-state index < -0.39 is 0 Å². The molecule has 0 spiro atoms. The Morgan fingerprint density at radius 2 is 0.982 bits per heavy atom. The molecule has 0 N–H and O–H groups in total. The molecule has 0 aliphatic rings. The summed E-state index contributed by atoms with van der Waals surface area (Å²) in [6, 6.07) is 67.2. The van der Waals surface area contributed by atoms with Crippen molar-refractivity contribution >= 4 is 103 Å². The van der Waals surface area contributed by atoms with E-state index in [9.17, 15) is 0 Å². The standard InChI is InChI=1S/C52H31NO2S/c1-2-11-38-32(10-1)26-31-44-49-37(14-9-20-47(49)55-51(38)44)33-22-27-35(28-23-33)53(45-18-8-17-43-41-13-4-6-21-48(41)56-52(43)45)36-29-24-34(25-30-36)39-15-7-16-42-40-12-3-5-19-46(40)54-50(39)42/h1-31H. The summed E-state index contributed by atoms with van der Waals surface area (Å²) in [5.41, 5.74) is 11.5. The third-order valence-corrected chi connectivity index (χ3v) is 12.5. The third kappa shape index (κ3) is 4.70. The van der Waals surface area contributed by atoms with Gasteiger partial charge in [-0.1, -0.05) is 133 Å². The fraction of sp³-hybridized carbons (Fsp3) is 0. The van der Waals surface area contributed by atoms with E-state index in [0.29, 0.717) is 0 Å². The van der Waals surface area contributed by atoms with Crippen molar-refractivity contribution in [3.8, 4) is 22.3 Å². The van der Waals surface area contributed by atoms with Crippen LogP contribution in [-0.4, -0.2) is 0 Å². The Balaban J connectivity index is 1.01. The highest BCUT2D eigenvalue weighted by Crippen LogP contribution is 2.46. The van der Waals surface area contributed by atoms with Gasteiger partial charge in [-0.15, -0.1) is 11.3 Å². The van der Waals surface area contributed by atoms with Crippen LogP contribution in [0.4, 0.5) is 17.1 Å². The van der Waals surface area contributed by atoms with Crippen molar-refractivity contribution in [3.05, 3.63) is 188 Å². The van der Waals surface area contributed by atoms with Crippen molar-refractivity contribution < 1.29 is 8.83 Å². The Morgan fingerprint density at radius 1 is 0.375 bits per heavy atom. The second-order valence-electron chi connectivity index (χ2n) is 14.4. The molecular formula is C52H31NO2S. The van der Waals surface area contributed by atoms with Crippen LogP contribution in [0.1, 0.15) is 0 Å². The van der Waals surface area contributed by atoms with Crippen LogP contribution >= 0.6 is 11.3 Å². The Kier molecular flexibility index (Phi) is 6.80. The largest absolute Gasteiger partial charge is 0.455 e. The average Bonchev–Trinajstić information content (AvgIpc) is 3.96. The van der Waals surface area contributed by atoms with E-state index >= 15 is 0 Å². The predicted molar refractivity (Wildman–Crippen MR) is 237 cm³/mol. The first-order valence-corrected chi connectivity index (χ1v) is 19.7. The zero-order valence-corrected chi connectivity index (χ0v) is 30.9. The lowest BCUT2D eigenvalue weighted by atomic mass is 9.98. The zero-order chi connectivity index (χ0) is 36.7. The van der Waals surface area contributed by atoms with Gasteiger partial charge in [-0.05, 0) is 76.7 Å². The molecule has 3 heterocycles. The molecule has 0 radical (unpaired) electrons. The van der Waals surface area contributed by atoms with Crippen LogP contribution < -0.4 is 4.90 Å². The number of thiophene rings is 1. The first-order valence-electron chi connectivity index (χ1n) is 18.9. The van der Waals surface area contributed by atoms with Gasteiger partial charge in [0.2, 0.25) is 0 Å². The summed E-state index contributed by atoms with van der Waals surface area (Å²) >= 11 is 1.85. The van der Waals surface area contributed by atoms with E-state index in [-0.39, 0.29) is 0 Å². The van der Waals surface area contributed by atoms with Gasteiger partial charge in [-0.3, -0.25) is 0 Å². The van der Waals surface area contributed by atoms with Gasteiger partial charge in [0.1, 0.15) is 22.3 Å². The molecule has 0 saturated carbocycles. The number of anilines is 3. The molecule has 0 amide bonds. The third-order valence-electron chi connectivity index (χ3n) is 11.3. The molecular weight excluding hydrogens is 703 g/mol. The van der Waals surface area contributed by atoms with E-state index in [2.05, 4.69) is 181 Å². The SMILES string of the molecule is c1ccc2c(c1)ccc1c2oc2cccc(-c3ccc(N(c4ccc(-c5cccc6c5oc5ccccc56)cc4)c4cccc5c4sc4ccccc45)cc3)c21. The fourth-order valence-corrected chi connectivity index (χ4v) is 9.89. The molecule has 4 heteroatoms. The second-order valence-corrected chi connectivity index (χ2v) is 15.5. The highest BCUT2D eigenvalue weighted by atomic mass is 32.1. The number of hydrogen-bond donors (Lipinski definition) is 0. The molecule has 0 aliphatic heterocycles. The van der Waals surface area contributed by atoms with Crippen LogP contribution in [0.5, 0.6) is 0 Å². The lowest BCUT2D eigenvalue weighted by Gasteiger charge is -2.26. The van der Waals surface area contributed by atoms with Gasteiger partial charge in [0.15, 0.2) is 0 Å². The topological polar surface area (TPSA) is 29.5 Å². The average molecular weight is 734 g/mol. The number of nitrogens with zero attached hydrogens (tertiary/aromatic N) is 1. The minimum Gasteiger partial charge on any atom is -0.455 e. The second kappa shape index (κ2) is 12.2. The van der Waals surface area contributed by atoms with Crippen LogP contribution in [-0.2, 0) is 0 Å². The Labute approximate surface area is 325 Å². The lowest BCUT2D eigenvalue weighted by molar-refractivity contribution is 0.670. The van der Waals surface area contributed by atoms with E-state index in [1.54, 1.807) is 0 Å². The first-order chi connectivity index (χ1) is 27.8. The summed E-state index contributed by atoms with van der Waals surface area (Å²) in [6.45, 7) is 0. The van der Waals surface area contributed by atoms with Crippen molar-refractivity contribution in [1.82, 2.24) is 0 Å². The van der Waals surface area contributed by atoms with Crippen molar-refractivity contribution in [1.29, 1.82) is 0 Å². The van der Waals surface area contributed by atoms with Crippen LogP contribution in [0.15, 0.2) is 197 Å². The van der Waals surface area contributed by atoms with Gasteiger partial charge in [-0.2, -0.15) is 0 Å². The Bertz CT molecular complexity index is 3480. The normalized spacial score (nSPS) is 11.9. The number of hydrogen-bond acceptors (Lipinski definition) is 4. The zero-order valence-electron chi connectivity index (χ0n) is 30.1. The van der Waals surface area contributed by atoms with Gasteiger partial charge in [0.05, 0.1) is 10.4 Å². The van der Waals surface area contributed by atoms with Crippen molar-refractivity contribution in [2.24, 2.45) is 0 Å². The van der Waals surface area contributed by atoms with Gasteiger partial charge >= 0.3 is 0 Å². The summed E-state index contributed by atoms with van der Waals surface area (Å²) in [7, 11) is 0. The number of fused-ring (bicyclic) bond motifs is 11. The lowest BCUT2D eigenvalue weighted by Crippen LogP contribution is -2.10. The van der Waals surface area contributed by atoms with Gasteiger partial charge < -0.3 is 13.7 Å². The van der Waals surface area contributed by atoms with Crippen LogP contribution in [0, 0.1) is 0 Å². The molecule has 9 aromatic carbocycles. The maximum Gasteiger partial charge on any atom is 0.143 e. The summed E-state index contributed by atoms with van der Waals surface area (Å²) < 4.78 is 15.5. The van der Waals surface area contributed by atoms with Gasteiger partial charge in [0, 0.05) is 59.3 Å². The summed E-state index contributed by atoms with van der Waals surface area (Å²) in [5.74, 6) is 0. The molecule has 0 saturated heterocycles. The minimum absolute atomic E-state index is 0.898. The molecule has 0 unspecified atom stereocenters. The molecule has 0 atom stereocenters. The maximum atomic E-state index is 6.54. The minimum atomic E-state index is 0.898. The molecule has 262 valence electrons. The van der Waals surface area contributed by atoms with E-state index in [0.717, 1.165) is 88.6 Å². The molecule has 12 aromatic rings. The monoisotopic (exact) mass is 733 g/mol. The summed E-state index contributed by atoms with van der Waals surface area (Å²) in [4.78, 5) is 2.40. The van der Waals surface area contributed by atoms with E-state index in [1.807, 2.05) is 23.5 Å². The number of para-hydroxylation sites is 2. The van der Waals surface area contributed by atoms with Crippen molar-refractivity contribution in [2.75, 3.05) is 4.90 Å². The van der Waals surface area contributed by atoms with Gasteiger partial charge in [-0.25, -0.2) is 0 Å². The highest BCUT2D eigenvalue weighted by Gasteiger charge is 2.20. The van der Waals surface area contributed by atoms with Crippen LogP contribution in [0.25, 0.3) is 97.1 Å². The highest BCUT2D eigenvalue weighted by molar-refractivity contribution is 7.26. The molecule has 56 heavy (non-hydrogen) atoms. The number of furan rings is 2. The summed E-state index contributed by atoms with van der Waals surface area (Å²) in [6.07, 6.45) is 0. The fourth-order valence-electron chi connectivity index (χ4n) is 8.68. The molecule has 3 aromatic heterocycles. The van der Waals surface area contributed by atoms with Gasteiger partial charge in [0.25, 0.3) is 0 Å². The quantitative estimate of drug-likeness (QED) is 0.176.